The summed E-state index contributed by atoms with van der Waals surface area (Å²) in [4.78, 5) is 23.4. The second kappa shape index (κ2) is 7.25. The zero-order valence-corrected chi connectivity index (χ0v) is 12.8. The highest BCUT2D eigenvalue weighted by molar-refractivity contribution is 5.88. The van der Waals surface area contributed by atoms with Gasteiger partial charge in [-0.25, -0.2) is 0 Å². The number of amides is 2. The normalized spacial score (nSPS) is 17.0. The van der Waals surface area contributed by atoms with Gasteiger partial charge in [-0.05, 0) is 37.5 Å². The van der Waals surface area contributed by atoms with Crippen LogP contribution in [0.5, 0.6) is 0 Å². The third kappa shape index (κ3) is 4.59. The lowest BCUT2D eigenvalue weighted by Gasteiger charge is -2.23. The molecule has 4 heteroatoms. The van der Waals surface area contributed by atoms with Crippen LogP contribution >= 0.6 is 0 Å². The Morgan fingerprint density at radius 1 is 1.19 bits per heavy atom. The molecule has 1 aliphatic carbocycles. The quantitative estimate of drug-likeness (QED) is 0.892. The SMILES string of the molecule is CC(=O)Nc1cccc(C(C)NC(=O)C2CCCCC2)c1. The van der Waals surface area contributed by atoms with E-state index in [1.165, 1.54) is 13.3 Å². The van der Waals surface area contributed by atoms with Gasteiger partial charge in [-0.2, -0.15) is 0 Å². The van der Waals surface area contributed by atoms with Gasteiger partial charge in [0.2, 0.25) is 11.8 Å². The minimum atomic E-state index is -0.0916. The monoisotopic (exact) mass is 288 g/mol. The predicted molar refractivity (Wildman–Crippen MR) is 83.9 cm³/mol. The highest BCUT2D eigenvalue weighted by Gasteiger charge is 2.22. The van der Waals surface area contributed by atoms with E-state index in [4.69, 9.17) is 0 Å². The lowest BCUT2D eigenvalue weighted by molar-refractivity contribution is -0.126. The van der Waals surface area contributed by atoms with Gasteiger partial charge in [0.15, 0.2) is 0 Å². The molecule has 21 heavy (non-hydrogen) atoms. The van der Waals surface area contributed by atoms with E-state index in [1.807, 2.05) is 31.2 Å². The summed E-state index contributed by atoms with van der Waals surface area (Å²) in [7, 11) is 0. The van der Waals surface area contributed by atoms with Crippen LogP contribution in [0.25, 0.3) is 0 Å². The van der Waals surface area contributed by atoms with Crippen molar-refractivity contribution < 1.29 is 9.59 Å². The summed E-state index contributed by atoms with van der Waals surface area (Å²) in [6.45, 7) is 3.47. The largest absolute Gasteiger partial charge is 0.349 e. The van der Waals surface area contributed by atoms with Gasteiger partial charge in [-0.3, -0.25) is 9.59 Å². The van der Waals surface area contributed by atoms with Crippen LogP contribution in [0.4, 0.5) is 5.69 Å². The Morgan fingerprint density at radius 3 is 2.57 bits per heavy atom. The first-order chi connectivity index (χ1) is 10.1. The van der Waals surface area contributed by atoms with Crippen LogP contribution in [0.15, 0.2) is 24.3 Å². The van der Waals surface area contributed by atoms with Crippen LogP contribution < -0.4 is 10.6 Å². The minimum Gasteiger partial charge on any atom is -0.349 e. The Kier molecular flexibility index (Phi) is 5.37. The van der Waals surface area contributed by atoms with E-state index in [0.29, 0.717) is 0 Å². The highest BCUT2D eigenvalue weighted by atomic mass is 16.2. The molecule has 0 saturated heterocycles. The number of rotatable bonds is 4. The summed E-state index contributed by atoms with van der Waals surface area (Å²) >= 11 is 0. The molecule has 1 aliphatic rings. The smallest absolute Gasteiger partial charge is 0.223 e. The van der Waals surface area contributed by atoms with Crippen molar-refractivity contribution in [3.05, 3.63) is 29.8 Å². The van der Waals surface area contributed by atoms with Crippen molar-refractivity contribution in [1.82, 2.24) is 5.32 Å². The molecule has 1 fully saturated rings. The number of carbonyl (C=O) groups is 2. The molecule has 0 spiro atoms. The van der Waals surface area contributed by atoms with Crippen molar-refractivity contribution in [2.75, 3.05) is 5.32 Å². The van der Waals surface area contributed by atoms with Gasteiger partial charge < -0.3 is 10.6 Å². The molecule has 1 aromatic rings. The molecule has 2 rings (SSSR count). The van der Waals surface area contributed by atoms with Gasteiger partial charge in [-0.15, -0.1) is 0 Å². The molecule has 0 bridgehead atoms. The maximum atomic E-state index is 12.3. The van der Waals surface area contributed by atoms with Gasteiger partial charge in [-0.1, -0.05) is 31.4 Å². The molecule has 0 radical (unpaired) electrons. The molecule has 0 aliphatic heterocycles. The number of hydrogen-bond acceptors (Lipinski definition) is 2. The van der Waals surface area contributed by atoms with E-state index in [-0.39, 0.29) is 23.8 Å². The van der Waals surface area contributed by atoms with Crippen LogP contribution in [-0.4, -0.2) is 11.8 Å². The maximum Gasteiger partial charge on any atom is 0.223 e. The summed E-state index contributed by atoms with van der Waals surface area (Å²) in [5.41, 5.74) is 1.77. The Hall–Kier alpha value is -1.84. The van der Waals surface area contributed by atoms with Gasteiger partial charge in [0.25, 0.3) is 0 Å². The van der Waals surface area contributed by atoms with Crippen molar-refractivity contribution in [3.63, 3.8) is 0 Å². The van der Waals surface area contributed by atoms with Crippen molar-refractivity contribution in [3.8, 4) is 0 Å². The van der Waals surface area contributed by atoms with Gasteiger partial charge >= 0.3 is 0 Å². The van der Waals surface area contributed by atoms with Crippen molar-refractivity contribution in [2.45, 2.75) is 52.0 Å². The van der Waals surface area contributed by atoms with E-state index < -0.39 is 0 Å². The fourth-order valence-corrected chi connectivity index (χ4v) is 2.87. The third-order valence-electron chi connectivity index (χ3n) is 4.04. The second-order valence-electron chi connectivity index (χ2n) is 5.87. The highest BCUT2D eigenvalue weighted by Crippen LogP contribution is 2.25. The minimum absolute atomic E-state index is 0.0480. The molecule has 0 heterocycles. The summed E-state index contributed by atoms with van der Waals surface area (Å²) in [6.07, 6.45) is 5.57. The topological polar surface area (TPSA) is 58.2 Å². The van der Waals surface area contributed by atoms with E-state index in [1.54, 1.807) is 0 Å². The zero-order chi connectivity index (χ0) is 15.2. The number of carbonyl (C=O) groups excluding carboxylic acids is 2. The first kappa shape index (κ1) is 15.5. The summed E-state index contributed by atoms with van der Waals surface area (Å²) in [6, 6.07) is 7.57. The molecular weight excluding hydrogens is 264 g/mol. The Labute approximate surface area is 126 Å². The molecule has 114 valence electrons. The van der Waals surface area contributed by atoms with Crippen molar-refractivity contribution >= 4 is 17.5 Å². The fraction of sp³-hybridized carbons (Fsp3) is 0.529. The third-order valence-corrected chi connectivity index (χ3v) is 4.04. The van der Waals surface area contributed by atoms with Gasteiger partial charge in [0.05, 0.1) is 6.04 Å². The Morgan fingerprint density at radius 2 is 1.90 bits per heavy atom. The Bertz CT molecular complexity index is 507. The summed E-state index contributed by atoms with van der Waals surface area (Å²) in [5, 5.41) is 5.86. The van der Waals surface area contributed by atoms with Gasteiger partial charge in [0, 0.05) is 18.5 Å². The standard InChI is InChI=1S/C17H24N2O2/c1-12(18-17(21)14-7-4-3-5-8-14)15-9-6-10-16(11-15)19-13(2)20/h6,9-12,14H,3-5,7-8H2,1-2H3,(H,18,21)(H,19,20). The van der Waals surface area contributed by atoms with E-state index >= 15 is 0 Å². The molecular formula is C17H24N2O2. The van der Waals surface area contributed by atoms with Crippen molar-refractivity contribution in [1.29, 1.82) is 0 Å². The lowest BCUT2D eigenvalue weighted by Crippen LogP contribution is -2.33. The van der Waals surface area contributed by atoms with Crippen LogP contribution in [0, 0.1) is 5.92 Å². The average Bonchev–Trinajstić information content (AvgIpc) is 2.47. The molecule has 4 nitrogen and oxygen atoms in total. The molecule has 2 N–H and O–H groups in total. The predicted octanol–water partition coefficient (Wildman–Crippen LogP) is 3.40. The molecule has 1 saturated carbocycles. The molecule has 1 aromatic carbocycles. The van der Waals surface area contributed by atoms with Crippen molar-refractivity contribution in [2.24, 2.45) is 5.92 Å². The molecule has 1 atom stereocenters. The van der Waals surface area contributed by atoms with Crippen LogP contribution in [0.3, 0.4) is 0 Å². The maximum absolute atomic E-state index is 12.3. The van der Waals surface area contributed by atoms with E-state index in [0.717, 1.165) is 36.9 Å². The molecule has 0 aromatic heterocycles. The fourth-order valence-electron chi connectivity index (χ4n) is 2.87. The van der Waals surface area contributed by atoms with E-state index in [9.17, 15) is 9.59 Å². The van der Waals surface area contributed by atoms with E-state index in [2.05, 4.69) is 10.6 Å². The summed E-state index contributed by atoms with van der Waals surface area (Å²) in [5.74, 6) is 0.234. The molecule has 2 amide bonds. The number of nitrogens with one attached hydrogen (secondary N) is 2. The van der Waals surface area contributed by atoms with Gasteiger partial charge in [0.1, 0.15) is 0 Å². The van der Waals surface area contributed by atoms with Crippen LogP contribution in [0.1, 0.15) is 57.6 Å². The average molecular weight is 288 g/mol. The zero-order valence-electron chi connectivity index (χ0n) is 12.8. The number of benzene rings is 1. The Balaban J connectivity index is 1.97. The number of hydrogen-bond donors (Lipinski definition) is 2. The first-order valence-corrected chi connectivity index (χ1v) is 7.74. The van der Waals surface area contributed by atoms with Crippen LogP contribution in [-0.2, 0) is 9.59 Å². The molecule has 1 unspecified atom stereocenters. The first-order valence-electron chi connectivity index (χ1n) is 7.74. The number of anilines is 1. The second-order valence-corrected chi connectivity index (χ2v) is 5.87. The lowest BCUT2D eigenvalue weighted by atomic mass is 9.88. The van der Waals surface area contributed by atoms with Crippen LogP contribution in [0.2, 0.25) is 0 Å². The summed E-state index contributed by atoms with van der Waals surface area (Å²) < 4.78 is 0.